The molecule has 0 saturated heterocycles. The van der Waals surface area contributed by atoms with E-state index in [0.29, 0.717) is 0 Å². The van der Waals surface area contributed by atoms with Gasteiger partial charge in [0.25, 0.3) is 0 Å². The summed E-state index contributed by atoms with van der Waals surface area (Å²) in [5.41, 5.74) is 1.41. The maximum atomic E-state index is 2.41. The highest BCUT2D eigenvalue weighted by molar-refractivity contribution is 5.14. The molecule has 0 saturated carbocycles. The Hall–Kier alpha value is -0.820. The highest BCUT2D eigenvalue weighted by atomic mass is 15.1. The van der Waals surface area contributed by atoms with Crippen molar-refractivity contribution in [3.05, 3.63) is 35.9 Å². The fourth-order valence-electron chi connectivity index (χ4n) is 1.91. The first-order valence-electron chi connectivity index (χ1n) is 6.41. The average Bonchev–Trinajstić information content (AvgIpc) is 2.25. The molecule has 0 spiro atoms. The first-order valence-corrected chi connectivity index (χ1v) is 6.41. The van der Waals surface area contributed by atoms with Crippen molar-refractivity contribution in [2.24, 2.45) is 5.92 Å². The second-order valence-corrected chi connectivity index (χ2v) is 5.11. The molecule has 90 valence electrons. The van der Waals surface area contributed by atoms with Gasteiger partial charge in [0.2, 0.25) is 0 Å². The van der Waals surface area contributed by atoms with E-state index >= 15 is 0 Å². The molecule has 0 aliphatic carbocycles. The molecular formula is C15H25N. The Labute approximate surface area is 100 Å². The topological polar surface area (TPSA) is 3.24 Å². The maximum absolute atomic E-state index is 2.41. The lowest BCUT2D eigenvalue weighted by Crippen LogP contribution is -2.19. The van der Waals surface area contributed by atoms with Crippen molar-refractivity contribution in [3.8, 4) is 0 Å². The molecule has 0 heterocycles. The van der Waals surface area contributed by atoms with Gasteiger partial charge in [0.15, 0.2) is 0 Å². The summed E-state index contributed by atoms with van der Waals surface area (Å²) in [5.74, 6) is 0.847. The SMILES string of the molecule is CC(C)CCCCN(C)Cc1ccccc1. The first-order chi connectivity index (χ1) is 7.68. The normalized spacial score (nSPS) is 11.3. The number of rotatable bonds is 7. The maximum Gasteiger partial charge on any atom is 0.0230 e. The second-order valence-electron chi connectivity index (χ2n) is 5.11. The van der Waals surface area contributed by atoms with Crippen LogP contribution in [0, 0.1) is 5.92 Å². The summed E-state index contributed by atoms with van der Waals surface area (Å²) in [7, 11) is 2.21. The van der Waals surface area contributed by atoms with Crippen molar-refractivity contribution in [1.82, 2.24) is 4.90 Å². The lowest BCUT2D eigenvalue weighted by atomic mass is 10.1. The molecule has 0 amide bonds. The van der Waals surface area contributed by atoms with Gasteiger partial charge < -0.3 is 4.90 Å². The lowest BCUT2D eigenvalue weighted by molar-refractivity contribution is 0.314. The third kappa shape index (κ3) is 5.92. The van der Waals surface area contributed by atoms with Gasteiger partial charge in [0, 0.05) is 6.54 Å². The van der Waals surface area contributed by atoms with Gasteiger partial charge >= 0.3 is 0 Å². The number of hydrogen-bond donors (Lipinski definition) is 0. The summed E-state index contributed by atoms with van der Waals surface area (Å²) in [6.45, 7) is 6.88. The minimum atomic E-state index is 0.847. The molecular weight excluding hydrogens is 194 g/mol. The highest BCUT2D eigenvalue weighted by Gasteiger charge is 2.00. The van der Waals surface area contributed by atoms with Gasteiger partial charge in [0.1, 0.15) is 0 Å². The number of unbranched alkanes of at least 4 members (excludes halogenated alkanes) is 1. The van der Waals surface area contributed by atoms with Crippen LogP contribution in [-0.2, 0) is 6.54 Å². The van der Waals surface area contributed by atoms with Crippen molar-refractivity contribution < 1.29 is 0 Å². The van der Waals surface area contributed by atoms with E-state index < -0.39 is 0 Å². The third-order valence-corrected chi connectivity index (χ3v) is 2.87. The average molecular weight is 219 g/mol. The van der Waals surface area contributed by atoms with Gasteiger partial charge in [-0.15, -0.1) is 0 Å². The van der Waals surface area contributed by atoms with E-state index in [0.717, 1.165) is 12.5 Å². The Bertz CT molecular complexity index is 266. The van der Waals surface area contributed by atoms with Gasteiger partial charge in [-0.2, -0.15) is 0 Å². The Kier molecular flexibility index (Phi) is 6.17. The third-order valence-electron chi connectivity index (χ3n) is 2.87. The fourth-order valence-corrected chi connectivity index (χ4v) is 1.91. The molecule has 0 unspecified atom stereocenters. The van der Waals surface area contributed by atoms with Crippen LogP contribution in [0.1, 0.15) is 38.7 Å². The molecule has 0 atom stereocenters. The molecule has 0 aliphatic heterocycles. The van der Waals surface area contributed by atoms with Gasteiger partial charge in [-0.25, -0.2) is 0 Å². The van der Waals surface area contributed by atoms with E-state index in [9.17, 15) is 0 Å². The van der Waals surface area contributed by atoms with Crippen molar-refractivity contribution in [1.29, 1.82) is 0 Å². The first kappa shape index (κ1) is 13.2. The number of benzene rings is 1. The number of hydrogen-bond acceptors (Lipinski definition) is 1. The molecule has 1 rings (SSSR count). The van der Waals surface area contributed by atoms with E-state index in [1.165, 1.54) is 31.4 Å². The Morgan fingerprint density at radius 2 is 1.75 bits per heavy atom. The van der Waals surface area contributed by atoms with Crippen LogP contribution in [0.2, 0.25) is 0 Å². The van der Waals surface area contributed by atoms with Crippen molar-refractivity contribution in [2.45, 2.75) is 39.7 Å². The smallest absolute Gasteiger partial charge is 0.0230 e. The van der Waals surface area contributed by atoms with Crippen LogP contribution in [0.3, 0.4) is 0 Å². The summed E-state index contributed by atoms with van der Waals surface area (Å²) in [5, 5.41) is 0. The lowest BCUT2D eigenvalue weighted by Gasteiger charge is -2.16. The van der Waals surface area contributed by atoms with Crippen LogP contribution in [0.15, 0.2) is 30.3 Å². The van der Waals surface area contributed by atoms with E-state index in [-0.39, 0.29) is 0 Å². The quantitative estimate of drug-likeness (QED) is 0.628. The Morgan fingerprint density at radius 3 is 2.38 bits per heavy atom. The zero-order chi connectivity index (χ0) is 11.8. The second kappa shape index (κ2) is 7.45. The highest BCUT2D eigenvalue weighted by Crippen LogP contribution is 2.08. The van der Waals surface area contributed by atoms with Gasteiger partial charge in [-0.05, 0) is 31.5 Å². The van der Waals surface area contributed by atoms with E-state index in [1.807, 2.05) is 0 Å². The molecule has 1 nitrogen and oxygen atoms in total. The molecule has 0 aromatic heterocycles. The predicted molar refractivity (Wildman–Crippen MR) is 71.5 cm³/mol. The van der Waals surface area contributed by atoms with Gasteiger partial charge in [-0.1, -0.05) is 57.0 Å². The molecule has 16 heavy (non-hydrogen) atoms. The molecule has 0 bridgehead atoms. The van der Waals surface area contributed by atoms with Crippen molar-refractivity contribution >= 4 is 0 Å². The largest absolute Gasteiger partial charge is 0.302 e. The number of nitrogens with zero attached hydrogens (tertiary/aromatic N) is 1. The van der Waals surface area contributed by atoms with Crippen molar-refractivity contribution in [3.63, 3.8) is 0 Å². The molecule has 0 aliphatic rings. The van der Waals surface area contributed by atoms with Crippen LogP contribution in [-0.4, -0.2) is 18.5 Å². The fraction of sp³-hybridized carbons (Fsp3) is 0.600. The predicted octanol–water partition coefficient (Wildman–Crippen LogP) is 3.94. The molecule has 1 aromatic rings. The molecule has 0 N–H and O–H groups in total. The minimum absolute atomic E-state index is 0.847. The minimum Gasteiger partial charge on any atom is -0.302 e. The van der Waals surface area contributed by atoms with Gasteiger partial charge in [0.05, 0.1) is 0 Å². The van der Waals surface area contributed by atoms with Crippen LogP contribution in [0.5, 0.6) is 0 Å². The zero-order valence-corrected chi connectivity index (χ0v) is 10.9. The summed E-state index contributed by atoms with van der Waals surface area (Å²) in [4.78, 5) is 2.41. The van der Waals surface area contributed by atoms with Crippen LogP contribution in [0.4, 0.5) is 0 Å². The van der Waals surface area contributed by atoms with Crippen LogP contribution < -0.4 is 0 Å². The zero-order valence-electron chi connectivity index (χ0n) is 10.9. The van der Waals surface area contributed by atoms with Crippen LogP contribution >= 0.6 is 0 Å². The van der Waals surface area contributed by atoms with Crippen LogP contribution in [0.25, 0.3) is 0 Å². The summed E-state index contributed by atoms with van der Waals surface area (Å²) < 4.78 is 0. The van der Waals surface area contributed by atoms with E-state index in [1.54, 1.807) is 0 Å². The summed E-state index contributed by atoms with van der Waals surface area (Å²) in [6.07, 6.45) is 4.04. The Balaban J connectivity index is 2.14. The standard InChI is InChI=1S/C15H25N/c1-14(2)9-7-8-12-16(3)13-15-10-5-4-6-11-15/h4-6,10-11,14H,7-9,12-13H2,1-3H3. The summed E-state index contributed by atoms with van der Waals surface area (Å²) >= 11 is 0. The van der Waals surface area contributed by atoms with E-state index in [2.05, 4.69) is 56.1 Å². The molecule has 1 aromatic carbocycles. The summed E-state index contributed by atoms with van der Waals surface area (Å²) in [6, 6.07) is 10.7. The van der Waals surface area contributed by atoms with Gasteiger partial charge in [-0.3, -0.25) is 0 Å². The molecule has 0 fully saturated rings. The Morgan fingerprint density at radius 1 is 1.06 bits per heavy atom. The molecule has 1 heteroatoms. The monoisotopic (exact) mass is 219 g/mol. The molecule has 0 radical (unpaired) electrons. The van der Waals surface area contributed by atoms with E-state index in [4.69, 9.17) is 0 Å². The van der Waals surface area contributed by atoms with Crippen molar-refractivity contribution in [2.75, 3.05) is 13.6 Å².